The number of esters is 1. The zero-order valence-corrected chi connectivity index (χ0v) is 20.2. The predicted molar refractivity (Wildman–Crippen MR) is 134 cm³/mol. The number of hydrogen-bond acceptors (Lipinski definition) is 7. The summed E-state index contributed by atoms with van der Waals surface area (Å²) in [5.74, 6) is -0.532. The monoisotopic (exact) mass is 493 g/mol. The normalized spacial score (nSPS) is 10.9. The van der Waals surface area contributed by atoms with Crippen molar-refractivity contribution < 1.29 is 14.3 Å². The van der Waals surface area contributed by atoms with Gasteiger partial charge in [0.15, 0.2) is 5.16 Å². The fraction of sp³-hybridized carbons (Fsp3) is 0.200. The second kappa shape index (κ2) is 11.1. The highest BCUT2D eigenvalue weighted by molar-refractivity contribution is 7.99. The lowest BCUT2D eigenvalue weighted by Gasteiger charge is -2.14. The maximum atomic E-state index is 13.3. The summed E-state index contributed by atoms with van der Waals surface area (Å²) in [5, 5.41) is 5.69. The molecule has 34 heavy (non-hydrogen) atoms. The number of nitrogens with zero attached hydrogens (tertiary/aromatic N) is 2. The van der Waals surface area contributed by atoms with Crippen LogP contribution in [-0.2, 0) is 29.0 Å². The van der Waals surface area contributed by atoms with Gasteiger partial charge < -0.3 is 10.1 Å². The Bertz CT molecular complexity index is 1350. The zero-order chi connectivity index (χ0) is 23.9. The fourth-order valence-corrected chi connectivity index (χ4v) is 4.92. The van der Waals surface area contributed by atoms with Crippen LogP contribution in [0.4, 0.5) is 0 Å². The Labute approximate surface area is 204 Å². The number of thiophene rings is 1. The topological polar surface area (TPSA) is 90.3 Å². The van der Waals surface area contributed by atoms with Crippen LogP contribution in [0.25, 0.3) is 10.9 Å². The molecule has 0 aliphatic carbocycles. The zero-order valence-electron chi connectivity index (χ0n) is 18.5. The van der Waals surface area contributed by atoms with Crippen LogP contribution in [0.2, 0.25) is 0 Å². The summed E-state index contributed by atoms with van der Waals surface area (Å²) < 4.78 is 6.39. The van der Waals surface area contributed by atoms with Gasteiger partial charge in [-0.25, -0.2) is 9.78 Å². The Morgan fingerprint density at radius 1 is 1.12 bits per heavy atom. The van der Waals surface area contributed by atoms with E-state index in [-0.39, 0.29) is 17.2 Å². The van der Waals surface area contributed by atoms with E-state index in [1.54, 1.807) is 34.1 Å². The van der Waals surface area contributed by atoms with Crippen molar-refractivity contribution in [1.82, 2.24) is 14.9 Å². The van der Waals surface area contributed by atoms with E-state index in [1.165, 1.54) is 18.9 Å². The molecule has 4 aromatic rings. The van der Waals surface area contributed by atoms with E-state index in [9.17, 15) is 14.4 Å². The third-order valence-corrected chi connectivity index (χ3v) is 7.03. The molecular weight excluding hydrogens is 470 g/mol. The number of fused-ring (bicyclic) bond motifs is 1. The van der Waals surface area contributed by atoms with Crippen molar-refractivity contribution in [3.63, 3.8) is 0 Å². The SMILES string of the molecule is COC(=O)c1ccc2c(=O)n(CCc3ccccc3)c(SCC(=O)NCc3cccs3)nc2c1. The van der Waals surface area contributed by atoms with Crippen LogP contribution in [0.1, 0.15) is 20.8 Å². The van der Waals surface area contributed by atoms with Gasteiger partial charge in [-0.3, -0.25) is 14.2 Å². The van der Waals surface area contributed by atoms with Crippen molar-refractivity contribution in [3.8, 4) is 0 Å². The molecule has 0 aliphatic heterocycles. The molecule has 0 aliphatic rings. The second-order valence-corrected chi connectivity index (χ2v) is 9.43. The number of amides is 1. The van der Waals surface area contributed by atoms with Crippen molar-refractivity contribution >= 4 is 45.9 Å². The lowest BCUT2D eigenvalue weighted by Crippen LogP contribution is -2.27. The average Bonchev–Trinajstić information content (AvgIpc) is 3.39. The van der Waals surface area contributed by atoms with E-state index < -0.39 is 5.97 Å². The summed E-state index contributed by atoms with van der Waals surface area (Å²) in [7, 11) is 1.30. The number of aryl methyl sites for hydroxylation is 1. The molecule has 1 amide bonds. The van der Waals surface area contributed by atoms with Crippen LogP contribution in [0.5, 0.6) is 0 Å². The van der Waals surface area contributed by atoms with Crippen LogP contribution < -0.4 is 10.9 Å². The first-order valence-corrected chi connectivity index (χ1v) is 12.5. The first-order chi connectivity index (χ1) is 16.5. The Kier molecular flexibility index (Phi) is 7.76. The van der Waals surface area contributed by atoms with E-state index in [2.05, 4.69) is 10.3 Å². The summed E-state index contributed by atoms with van der Waals surface area (Å²) in [5.41, 5.74) is 1.60. The van der Waals surface area contributed by atoms with Gasteiger partial charge in [-0.15, -0.1) is 11.3 Å². The van der Waals surface area contributed by atoms with Crippen molar-refractivity contribution in [3.05, 3.63) is 92.4 Å². The van der Waals surface area contributed by atoms with Crippen LogP contribution in [-0.4, -0.2) is 34.3 Å². The van der Waals surface area contributed by atoms with Crippen LogP contribution in [0.3, 0.4) is 0 Å². The number of nitrogens with one attached hydrogen (secondary N) is 1. The highest BCUT2D eigenvalue weighted by atomic mass is 32.2. The number of thioether (sulfide) groups is 1. The van der Waals surface area contributed by atoms with E-state index in [1.807, 2.05) is 47.8 Å². The van der Waals surface area contributed by atoms with Gasteiger partial charge in [-0.1, -0.05) is 48.2 Å². The molecule has 0 saturated carbocycles. The van der Waals surface area contributed by atoms with Crippen LogP contribution in [0.15, 0.2) is 76.0 Å². The molecule has 4 rings (SSSR count). The Balaban J connectivity index is 1.60. The molecule has 0 atom stereocenters. The molecule has 0 saturated heterocycles. The second-order valence-electron chi connectivity index (χ2n) is 7.46. The maximum Gasteiger partial charge on any atom is 0.337 e. The number of carbonyl (C=O) groups excluding carboxylic acids is 2. The first-order valence-electron chi connectivity index (χ1n) is 10.6. The summed E-state index contributed by atoms with van der Waals surface area (Å²) in [6.45, 7) is 0.884. The minimum atomic E-state index is -0.501. The van der Waals surface area contributed by atoms with E-state index in [4.69, 9.17) is 4.74 Å². The predicted octanol–water partition coefficient (Wildman–Crippen LogP) is 3.90. The molecular formula is C25H23N3O4S2. The molecule has 9 heteroatoms. The molecule has 0 bridgehead atoms. The van der Waals surface area contributed by atoms with E-state index in [0.29, 0.717) is 41.1 Å². The average molecular weight is 494 g/mol. The van der Waals surface area contributed by atoms with Gasteiger partial charge in [0.1, 0.15) is 0 Å². The quantitative estimate of drug-likeness (QED) is 0.216. The first kappa shape index (κ1) is 23.7. The lowest BCUT2D eigenvalue weighted by molar-refractivity contribution is -0.118. The Morgan fingerprint density at radius 3 is 2.68 bits per heavy atom. The molecule has 2 aromatic carbocycles. The van der Waals surface area contributed by atoms with Gasteiger partial charge in [-0.05, 0) is 41.6 Å². The molecule has 1 N–H and O–H groups in total. The van der Waals surface area contributed by atoms with Crippen LogP contribution in [0, 0.1) is 0 Å². The summed E-state index contributed by atoms with van der Waals surface area (Å²) >= 11 is 2.78. The van der Waals surface area contributed by atoms with Crippen molar-refractivity contribution in [2.24, 2.45) is 0 Å². The maximum absolute atomic E-state index is 13.3. The van der Waals surface area contributed by atoms with E-state index >= 15 is 0 Å². The van der Waals surface area contributed by atoms with Gasteiger partial charge in [-0.2, -0.15) is 0 Å². The Hall–Kier alpha value is -3.43. The summed E-state index contributed by atoms with van der Waals surface area (Å²) in [6.07, 6.45) is 0.645. The number of aromatic nitrogens is 2. The molecule has 0 radical (unpaired) electrons. The molecule has 0 spiro atoms. The number of hydrogen-bond donors (Lipinski definition) is 1. The van der Waals surface area contributed by atoms with Crippen molar-refractivity contribution in [1.29, 1.82) is 0 Å². The fourth-order valence-electron chi connectivity index (χ4n) is 3.42. The highest BCUT2D eigenvalue weighted by Crippen LogP contribution is 2.20. The largest absolute Gasteiger partial charge is 0.465 e. The molecule has 7 nitrogen and oxygen atoms in total. The summed E-state index contributed by atoms with van der Waals surface area (Å²) in [6, 6.07) is 18.5. The van der Waals surface area contributed by atoms with Crippen molar-refractivity contribution in [2.75, 3.05) is 12.9 Å². The molecule has 2 heterocycles. The van der Waals surface area contributed by atoms with Crippen molar-refractivity contribution in [2.45, 2.75) is 24.7 Å². The molecule has 0 fully saturated rings. The third kappa shape index (κ3) is 5.73. The minimum absolute atomic E-state index is 0.116. The van der Waals surface area contributed by atoms with E-state index in [0.717, 1.165) is 10.4 Å². The molecule has 0 unspecified atom stereocenters. The highest BCUT2D eigenvalue weighted by Gasteiger charge is 2.16. The third-order valence-electron chi connectivity index (χ3n) is 5.18. The van der Waals surface area contributed by atoms with Crippen LogP contribution >= 0.6 is 23.1 Å². The number of rotatable bonds is 9. The number of carbonyl (C=O) groups is 2. The minimum Gasteiger partial charge on any atom is -0.465 e. The standard InChI is InChI=1S/C25H23N3O4S2/c1-32-24(31)18-9-10-20-21(14-18)27-25(34-16-22(29)26-15-19-8-5-13-33-19)28(23(20)30)12-11-17-6-3-2-4-7-17/h2-10,13-14H,11-12,15-16H2,1H3,(H,26,29). The van der Waals surface area contributed by atoms with Gasteiger partial charge in [0.25, 0.3) is 5.56 Å². The van der Waals surface area contributed by atoms with Gasteiger partial charge >= 0.3 is 5.97 Å². The smallest absolute Gasteiger partial charge is 0.337 e. The van der Waals surface area contributed by atoms with Gasteiger partial charge in [0.05, 0.1) is 35.9 Å². The lowest BCUT2D eigenvalue weighted by atomic mass is 10.1. The molecule has 2 aromatic heterocycles. The number of benzene rings is 2. The Morgan fingerprint density at radius 2 is 1.94 bits per heavy atom. The summed E-state index contributed by atoms with van der Waals surface area (Å²) in [4.78, 5) is 43.4. The van der Waals surface area contributed by atoms with Gasteiger partial charge in [0, 0.05) is 11.4 Å². The molecule has 174 valence electrons. The number of methoxy groups -OCH3 is 1. The number of ether oxygens (including phenoxy) is 1. The van der Waals surface area contributed by atoms with Gasteiger partial charge in [0.2, 0.25) is 5.91 Å².